The maximum absolute atomic E-state index is 13.5. The van der Waals surface area contributed by atoms with Crippen molar-refractivity contribution in [2.75, 3.05) is 5.75 Å². The second-order valence-corrected chi connectivity index (χ2v) is 9.11. The van der Waals surface area contributed by atoms with Crippen LogP contribution in [0.5, 0.6) is 0 Å². The average Bonchev–Trinajstić information content (AvgIpc) is 2.87. The average molecular weight is 490 g/mol. The van der Waals surface area contributed by atoms with Crippen LogP contribution < -0.4 is 5.56 Å². The smallest absolute Gasteiger partial charge is 0.326 e. The van der Waals surface area contributed by atoms with Crippen LogP contribution in [0.1, 0.15) is 11.1 Å². The molecule has 3 aromatic carbocycles. The maximum atomic E-state index is 13.5. The standard InChI is InChI=1S/C26H20FN3O4S/c27-18-9-11-19(12-10-18)30-24(32)20-7-3-4-8-21(20)28-26(30)35-15-23(31)29-14-17-6-2-1-5-16(17)13-22(29)25(33)34/h1-12,22H,13-15H2,(H,33,34)/t22-/m0/s1. The molecule has 1 aromatic heterocycles. The number of hydrogen-bond acceptors (Lipinski definition) is 5. The fourth-order valence-corrected chi connectivity index (χ4v) is 5.14. The number of rotatable bonds is 5. The minimum Gasteiger partial charge on any atom is -0.480 e. The van der Waals surface area contributed by atoms with E-state index in [1.54, 1.807) is 24.3 Å². The zero-order valence-corrected chi connectivity index (χ0v) is 19.2. The van der Waals surface area contributed by atoms with Crippen molar-refractivity contribution >= 4 is 34.5 Å². The van der Waals surface area contributed by atoms with E-state index in [1.807, 2.05) is 24.3 Å². The Morgan fingerprint density at radius 3 is 2.43 bits per heavy atom. The number of benzene rings is 3. The number of hydrogen-bond donors (Lipinski definition) is 1. The highest BCUT2D eigenvalue weighted by molar-refractivity contribution is 7.99. The van der Waals surface area contributed by atoms with Gasteiger partial charge in [-0.05, 0) is 47.5 Å². The van der Waals surface area contributed by atoms with Gasteiger partial charge in [0.15, 0.2) is 5.16 Å². The van der Waals surface area contributed by atoms with E-state index in [-0.39, 0.29) is 35.3 Å². The number of aliphatic carboxylic acids is 1. The summed E-state index contributed by atoms with van der Waals surface area (Å²) in [6, 6.07) is 18.8. The van der Waals surface area contributed by atoms with E-state index in [1.165, 1.54) is 33.7 Å². The molecule has 0 bridgehead atoms. The highest BCUT2D eigenvalue weighted by Gasteiger charge is 2.34. The summed E-state index contributed by atoms with van der Waals surface area (Å²) in [7, 11) is 0. The first kappa shape index (κ1) is 22.8. The molecular formula is C26H20FN3O4S. The number of nitrogens with zero attached hydrogens (tertiary/aromatic N) is 3. The Hall–Kier alpha value is -3.98. The van der Waals surface area contributed by atoms with Gasteiger partial charge in [0.25, 0.3) is 5.56 Å². The van der Waals surface area contributed by atoms with Gasteiger partial charge in [0.1, 0.15) is 11.9 Å². The SMILES string of the molecule is O=C(O)[C@@H]1Cc2ccccc2CN1C(=O)CSc1nc2ccccc2c(=O)n1-c1ccc(F)cc1. The molecule has 0 radical (unpaired) electrons. The number of halogens is 1. The second kappa shape index (κ2) is 9.34. The minimum atomic E-state index is -1.06. The van der Waals surface area contributed by atoms with Crippen LogP contribution in [0.4, 0.5) is 4.39 Å². The van der Waals surface area contributed by atoms with Gasteiger partial charge < -0.3 is 10.0 Å². The van der Waals surface area contributed by atoms with E-state index in [2.05, 4.69) is 4.98 Å². The van der Waals surface area contributed by atoms with Crippen molar-refractivity contribution in [1.82, 2.24) is 14.5 Å². The molecule has 0 saturated carbocycles. The summed E-state index contributed by atoms with van der Waals surface area (Å²) in [5.41, 5.74) is 2.38. The van der Waals surface area contributed by atoms with Crippen LogP contribution in [0.2, 0.25) is 0 Å². The fraction of sp³-hybridized carbons (Fsp3) is 0.154. The van der Waals surface area contributed by atoms with Gasteiger partial charge in [0, 0.05) is 13.0 Å². The Morgan fingerprint density at radius 1 is 1.00 bits per heavy atom. The van der Waals surface area contributed by atoms with Crippen molar-refractivity contribution < 1.29 is 19.1 Å². The number of carbonyl (C=O) groups is 2. The topological polar surface area (TPSA) is 92.5 Å². The second-order valence-electron chi connectivity index (χ2n) is 8.17. The number of carboxylic acid groups (broad SMARTS) is 1. The van der Waals surface area contributed by atoms with Crippen LogP contribution in [-0.2, 0) is 22.6 Å². The molecule has 0 unspecified atom stereocenters. The third-order valence-corrected chi connectivity index (χ3v) is 6.93. The van der Waals surface area contributed by atoms with E-state index in [0.717, 1.165) is 22.9 Å². The Kier molecular flexibility index (Phi) is 6.08. The van der Waals surface area contributed by atoms with Crippen molar-refractivity contribution in [3.63, 3.8) is 0 Å². The Morgan fingerprint density at radius 2 is 1.69 bits per heavy atom. The number of aromatic nitrogens is 2. The predicted molar refractivity (Wildman–Crippen MR) is 130 cm³/mol. The molecule has 5 rings (SSSR count). The van der Waals surface area contributed by atoms with Gasteiger partial charge in [-0.1, -0.05) is 48.2 Å². The first-order valence-corrected chi connectivity index (χ1v) is 11.9. The zero-order chi connectivity index (χ0) is 24.5. The molecule has 176 valence electrons. The predicted octanol–water partition coefficient (Wildman–Crippen LogP) is 3.66. The maximum Gasteiger partial charge on any atom is 0.326 e. The van der Waals surface area contributed by atoms with Crippen molar-refractivity contribution in [2.24, 2.45) is 0 Å². The number of para-hydroxylation sites is 1. The van der Waals surface area contributed by atoms with Crippen LogP contribution in [-0.4, -0.2) is 43.2 Å². The summed E-state index contributed by atoms with van der Waals surface area (Å²) in [4.78, 5) is 44.4. The van der Waals surface area contributed by atoms with Gasteiger partial charge >= 0.3 is 5.97 Å². The molecule has 9 heteroatoms. The molecule has 0 saturated heterocycles. The van der Waals surface area contributed by atoms with E-state index >= 15 is 0 Å². The van der Waals surface area contributed by atoms with Gasteiger partial charge in [-0.3, -0.25) is 14.2 Å². The van der Waals surface area contributed by atoms with E-state index in [9.17, 15) is 23.9 Å². The lowest BCUT2D eigenvalue weighted by molar-refractivity contribution is -0.150. The van der Waals surface area contributed by atoms with Crippen LogP contribution >= 0.6 is 11.8 Å². The summed E-state index contributed by atoms with van der Waals surface area (Å²) < 4.78 is 14.9. The Bertz CT molecular complexity index is 1500. The summed E-state index contributed by atoms with van der Waals surface area (Å²) in [6.45, 7) is 0.197. The zero-order valence-electron chi connectivity index (χ0n) is 18.4. The largest absolute Gasteiger partial charge is 0.480 e. The molecule has 0 aliphatic carbocycles. The minimum absolute atomic E-state index is 0.113. The molecule has 7 nitrogen and oxygen atoms in total. The van der Waals surface area contributed by atoms with Gasteiger partial charge in [-0.25, -0.2) is 14.2 Å². The first-order chi connectivity index (χ1) is 16.9. The lowest BCUT2D eigenvalue weighted by Gasteiger charge is -2.34. The van der Waals surface area contributed by atoms with E-state index in [0.29, 0.717) is 16.6 Å². The van der Waals surface area contributed by atoms with Gasteiger partial charge in [0.05, 0.1) is 22.3 Å². The summed E-state index contributed by atoms with van der Waals surface area (Å²) in [6.07, 6.45) is 0.233. The van der Waals surface area contributed by atoms with Crippen molar-refractivity contribution in [2.45, 2.75) is 24.2 Å². The lowest BCUT2D eigenvalue weighted by Crippen LogP contribution is -2.49. The summed E-state index contributed by atoms with van der Waals surface area (Å²) >= 11 is 1.05. The number of carbonyl (C=O) groups excluding carboxylic acids is 1. The van der Waals surface area contributed by atoms with Gasteiger partial charge in [0.2, 0.25) is 5.91 Å². The third-order valence-electron chi connectivity index (χ3n) is 6.01. The van der Waals surface area contributed by atoms with Crippen LogP contribution in [0.15, 0.2) is 82.7 Å². The Labute approximate surface area is 203 Å². The highest BCUT2D eigenvalue weighted by atomic mass is 32.2. The van der Waals surface area contributed by atoms with Crippen LogP contribution in [0.25, 0.3) is 16.6 Å². The molecule has 4 aromatic rings. The molecule has 1 N–H and O–H groups in total. The molecular weight excluding hydrogens is 469 g/mol. The van der Waals surface area contributed by atoms with Gasteiger partial charge in [-0.15, -0.1) is 0 Å². The monoisotopic (exact) mass is 489 g/mol. The molecule has 2 heterocycles. The third kappa shape index (κ3) is 4.42. The lowest BCUT2D eigenvalue weighted by atomic mass is 9.94. The van der Waals surface area contributed by atoms with E-state index in [4.69, 9.17) is 0 Å². The number of thioether (sulfide) groups is 1. The van der Waals surface area contributed by atoms with Crippen LogP contribution in [0.3, 0.4) is 0 Å². The summed E-state index contributed by atoms with van der Waals surface area (Å²) in [5.74, 6) is -1.99. The van der Waals surface area contributed by atoms with Crippen molar-refractivity contribution in [3.8, 4) is 5.69 Å². The van der Waals surface area contributed by atoms with Gasteiger partial charge in [-0.2, -0.15) is 0 Å². The molecule has 1 amide bonds. The molecule has 1 atom stereocenters. The normalized spacial score (nSPS) is 15.1. The molecule has 0 spiro atoms. The van der Waals surface area contributed by atoms with Crippen molar-refractivity contribution in [1.29, 1.82) is 0 Å². The van der Waals surface area contributed by atoms with E-state index < -0.39 is 17.8 Å². The molecule has 0 fully saturated rings. The first-order valence-electron chi connectivity index (χ1n) is 10.9. The Balaban J connectivity index is 1.48. The molecule has 35 heavy (non-hydrogen) atoms. The highest BCUT2D eigenvalue weighted by Crippen LogP contribution is 2.26. The molecule has 1 aliphatic heterocycles. The number of fused-ring (bicyclic) bond motifs is 2. The molecule has 1 aliphatic rings. The summed E-state index contributed by atoms with van der Waals surface area (Å²) in [5, 5.41) is 10.4. The van der Waals surface area contributed by atoms with Crippen molar-refractivity contribution in [3.05, 3.63) is 100 Å². The number of carboxylic acids is 1. The number of amides is 1. The fourth-order valence-electron chi connectivity index (χ4n) is 4.24. The van der Waals surface area contributed by atoms with Crippen LogP contribution in [0, 0.1) is 5.82 Å². The quantitative estimate of drug-likeness (QED) is 0.340.